The predicted molar refractivity (Wildman–Crippen MR) is 216 cm³/mol. The van der Waals surface area contributed by atoms with Crippen LogP contribution in [0.2, 0.25) is 5.02 Å². The van der Waals surface area contributed by atoms with Gasteiger partial charge in [-0.1, -0.05) is 91.1 Å². The number of allylic oxidation sites excluding steroid dienone is 2. The number of carbonyl (C=O) groups is 4. The first-order valence-corrected chi connectivity index (χ1v) is 21.1. The van der Waals surface area contributed by atoms with Crippen LogP contribution < -0.4 is 5.32 Å². The number of fused-ring (bicyclic) bond motifs is 7. The molecular weight excluding hydrogens is 710 g/mol. The molecule has 0 radical (unpaired) electrons. The summed E-state index contributed by atoms with van der Waals surface area (Å²) in [6, 6.07) is 7.19. The first kappa shape index (κ1) is 41.5. The molecule has 0 bridgehead atoms. The van der Waals surface area contributed by atoms with Crippen molar-refractivity contribution in [3.8, 4) is 11.8 Å². The van der Waals surface area contributed by atoms with Crippen molar-refractivity contribution in [3.63, 3.8) is 0 Å². The number of carboxylic acid groups (broad SMARTS) is 1. The normalized spacial score (nSPS) is 37.0. The number of hydrogen-bond donors (Lipinski definition) is 2. The highest BCUT2D eigenvalue weighted by molar-refractivity contribution is 6.31. The molecular formula is C47H64ClNO6. The Morgan fingerprint density at radius 2 is 1.58 bits per heavy atom. The Hall–Kier alpha value is -3.11. The van der Waals surface area contributed by atoms with Gasteiger partial charge in [0, 0.05) is 16.9 Å². The predicted octanol–water partition coefficient (Wildman–Crippen LogP) is 10.3. The first-order chi connectivity index (χ1) is 25.4. The number of esters is 1. The van der Waals surface area contributed by atoms with Crippen LogP contribution in [0.4, 0.5) is 0 Å². The van der Waals surface area contributed by atoms with Gasteiger partial charge in [0.2, 0.25) is 0 Å². The van der Waals surface area contributed by atoms with Gasteiger partial charge in [-0.15, -0.1) is 0 Å². The molecule has 0 aromatic heterocycles. The van der Waals surface area contributed by atoms with E-state index >= 15 is 0 Å². The molecule has 4 fully saturated rings. The molecule has 55 heavy (non-hydrogen) atoms. The van der Waals surface area contributed by atoms with E-state index in [-0.39, 0.29) is 69.2 Å². The second kappa shape index (κ2) is 13.8. The van der Waals surface area contributed by atoms with Gasteiger partial charge in [-0.05, 0) is 140 Å². The lowest BCUT2D eigenvalue weighted by molar-refractivity contribution is -0.270. The van der Waals surface area contributed by atoms with Crippen LogP contribution in [0.5, 0.6) is 0 Å². The van der Waals surface area contributed by atoms with Gasteiger partial charge < -0.3 is 15.2 Å². The molecule has 6 rings (SSSR count). The number of ether oxygens (including phenoxy) is 1. The van der Waals surface area contributed by atoms with Gasteiger partial charge in [0.15, 0.2) is 5.78 Å². The zero-order chi connectivity index (χ0) is 40.7. The summed E-state index contributed by atoms with van der Waals surface area (Å²) in [5, 5.41) is 13.3. The first-order valence-electron chi connectivity index (χ1n) is 20.7. The van der Waals surface area contributed by atoms with Crippen LogP contribution >= 0.6 is 11.6 Å². The number of nitrogens with one attached hydrogen (secondary N) is 1. The minimum Gasteiger partial charge on any atom is -0.481 e. The lowest BCUT2D eigenvalue weighted by Gasteiger charge is -2.75. The van der Waals surface area contributed by atoms with E-state index in [1.807, 2.05) is 31.2 Å². The van der Waals surface area contributed by atoms with Gasteiger partial charge in [-0.25, -0.2) is 0 Å². The molecule has 9 unspecified atom stereocenters. The summed E-state index contributed by atoms with van der Waals surface area (Å²) in [6.45, 7) is 23.8. The molecule has 0 saturated heterocycles. The second-order valence-electron chi connectivity index (χ2n) is 20.5. The number of Topliss-reactive ketones (excluding diaryl/α,β-unsaturated/α-hetero) is 1. The quantitative estimate of drug-likeness (QED) is 0.211. The fourth-order valence-electron chi connectivity index (χ4n) is 13.1. The molecule has 4 saturated carbocycles. The Labute approximate surface area is 334 Å². The smallest absolute Gasteiger partial charge is 0.309 e. The summed E-state index contributed by atoms with van der Waals surface area (Å²) >= 11 is 6.43. The second-order valence-corrected chi connectivity index (χ2v) is 20.9. The van der Waals surface area contributed by atoms with E-state index in [1.54, 1.807) is 13.8 Å². The lowest BCUT2D eigenvalue weighted by atomic mass is 9.29. The Kier molecular flexibility index (Phi) is 10.4. The topological polar surface area (TPSA) is 110 Å². The monoisotopic (exact) mass is 773 g/mol. The minimum atomic E-state index is -1.19. The standard InChI is InChI=1S/C47H64ClNO6/c1-28(2)38-33(50)26-47(21-19-36(51)49-29(3)30-14-12-13-15-32(30)48)25-23-43(8)31(39(38)47)16-17-34-44(43,9)22-24-46(11)42(6,7)35(18-20-45(34,46)10)55-37(52)27-41(4,5)40(53)54/h12-15,28-29,31,34-35H,16-18,20,22-27H2,1-11H3,(H,49,51)(H,53,54). The molecule has 5 aliphatic carbocycles. The molecule has 1 aromatic carbocycles. The van der Waals surface area contributed by atoms with Crippen molar-refractivity contribution in [1.29, 1.82) is 0 Å². The Morgan fingerprint density at radius 3 is 2.22 bits per heavy atom. The number of rotatable bonds is 7. The number of aliphatic carboxylic acids is 1. The van der Waals surface area contributed by atoms with Crippen molar-refractivity contribution in [2.45, 2.75) is 153 Å². The van der Waals surface area contributed by atoms with Crippen molar-refractivity contribution in [1.82, 2.24) is 5.32 Å². The zero-order valence-corrected chi connectivity index (χ0v) is 35.9. The Balaban J connectivity index is 1.30. The van der Waals surface area contributed by atoms with Crippen molar-refractivity contribution in [2.24, 2.45) is 55.7 Å². The summed E-state index contributed by atoms with van der Waals surface area (Å²) in [6.07, 6.45) is 7.31. The fraction of sp³-hybridized carbons (Fsp3) is 0.702. The van der Waals surface area contributed by atoms with Gasteiger partial charge in [0.05, 0.1) is 23.3 Å². The largest absolute Gasteiger partial charge is 0.481 e. The number of halogens is 1. The number of ketones is 1. The highest BCUT2D eigenvalue weighted by atomic mass is 35.5. The molecule has 7 nitrogen and oxygen atoms in total. The maximum Gasteiger partial charge on any atom is 0.309 e. The third-order valence-electron chi connectivity index (χ3n) is 17.1. The van der Waals surface area contributed by atoms with Gasteiger partial charge in [0.1, 0.15) is 6.10 Å². The molecule has 1 amide bonds. The van der Waals surface area contributed by atoms with E-state index in [0.717, 1.165) is 62.5 Å². The average molecular weight is 774 g/mol. The van der Waals surface area contributed by atoms with Gasteiger partial charge in [-0.3, -0.25) is 19.2 Å². The van der Waals surface area contributed by atoms with Crippen molar-refractivity contribution in [3.05, 3.63) is 46.0 Å². The van der Waals surface area contributed by atoms with Crippen LogP contribution in [0.3, 0.4) is 0 Å². The van der Waals surface area contributed by atoms with Gasteiger partial charge >= 0.3 is 11.9 Å². The lowest BCUT2D eigenvalue weighted by Crippen LogP contribution is -2.69. The van der Waals surface area contributed by atoms with E-state index in [2.05, 4.69) is 72.5 Å². The highest BCUT2D eigenvalue weighted by Gasteiger charge is 2.73. The van der Waals surface area contributed by atoms with Gasteiger partial charge in [-0.2, -0.15) is 0 Å². The van der Waals surface area contributed by atoms with E-state index in [0.29, 0.717) is 17.4 Å². The van der Waals surface area contributed by atoms with Crippen molar-refractivity contribution < 1.29 is 29.0 Å². The van der Waals surface area contributed by atoms with Crippen LogP contribution in [-0.2, 0) is 23.9 Å². The summed E-state index contributed by atoms with van der Waals surface area (Å²) in [5.74, 6) is 5.55. The van der Waals surface area contributed by atoms with E-state index in [4.69, 9.17) is 16.3 Å². The Morgan fingerprint density at radius 1 is 0.927 bits per heavy atom. The molecule has 9 atom stereocenters. The number of carboxylic acids is 1. The van der Waals surface area contributed by atoms with Crippen molar-refractivity contribution >= 4 is 35.2 Å². The molecule has 1 aromatic rings. The highest BCUT2D eigenvalue weighted by Crippen LogP contribution is 2.79. The number of carbonyl (C=O) groups excluding carboxylic acids is 3. The summed E-state index contributed by atoms with van der Waals surface area (Å²) in [7, 11) is 0. The number of hydrogen-bond acceptors (Lipinski definition) is 5. The van der Waals surface area contributed by atoms with Crippen LogP contribution in [0.1, 0.15) is 152 Å². The summed E-state index contributed by atoms with van der Waals surface area (Å²) < 4.78 is 6.22. The van der Waals surface area contributed by atoms with Crippen LogP contribution in [-0.4, -0.2) is 34.8 Å². The molecule has 5 aliphatic rings. The van der Waals surface area contributed by atoms with E-state index in [1.165, 1.54) is 5.57 Å². The minimum absolute atomic E-state index is 0.00262. The van der Waals surface area contributed by atoms with Crippen LogP contribution in [0.25, 0.3) is 0 Å². The van der Waals surface area contributed by atoms with Crippen LogP contribution in [0.15, 0.2) is 35.4 Å². The van der Waals surface area contributed by atoms with E-state index in [9.17, 15) is 24.3 Å². The SMILES string of the molecule is CC(C)C1=C2C3CCC4C(C)(CCC5(C)C(C)(C)C(OC(=O)CC(C)(C)C(=O)O)CCC45C)C3(C)CCC2(C#CC(=O)NC(C)c2ccccc2Cl)CC1=O. The van der Waals surface area contributed by atoms with E-state index < -0.39 is 22.8 Å². The molecule has 300 valence electrons. The summed E-state index contributed by atoms with van der Waals surface area (Å²) in [4.78, 5) is 52.4. The van der Waals surface area contributed by atoms with Gasteiger partial charge in [0.25, 0.3) is 5.91 Å². The summed E-state index contributed by atoms with van der Waals surface area (Å²) in [5.41, 5.74) is 0.641. The molecule has 8 heteroatoms. The molecule has 0 aliphatic heterocycles. The number of benzene rings is 1. The molecule has 0 heterocycles. The zero-order valence-electron chi connectivity index (χ0n) is 35.1. The maximum atomic E-state index is 14.0. The molecule has 2 N–H and O–H groups in total. The third kappa shape index (κ3) is 6.22. The number of amides is 1. The van der Waals surface area contributed by atoms with Crippen LogP contribution in [0, 0.1) is 67.5 Å². The fourth-order valence-corrected chi connectivity index (χ4v) is 13.4. The molecule has 0 spiro atoms. The maximum absolute atomic E-state index is 14.0. The average Bonchev–Trinajstić information content (AvgIpc) is 3.39. The van der Waals surface area contributed by atoms with Crippen molar-refractivity contribution in [2.75, 3.05) is 0 Å². The third-order valence-corrected chi connectivity index (χ3v) is 17.4. The Bertz CT molecular complexity index is 1880.